The Morgan fingerprint density at radius 1 is 1.09 bits per heavy atom. The number of methoxy groups -OCH3 is 1. The van der Waals surface area contributed by atoms with Gasteiger partial charge in [0.15, 0.2) is 5.88 Å². The highest BCUT2D eigenvalue weighted by atomic mass is 16.5. The van der Waals surface area contributed by atoms with E-state index < -0.39 is 0 Å². The largest absolute Gasteiger partial charge is 0.497 e. The third-order valence-electron chi connectivity index (χ3n) is 4.14. The van der Waals surface area contributed by atoms with Gasteiger partial charge in [0, 0.05) is 12.3 Å². The number of allylic oxidation sites excluding steroid dienone is 1. The van der Waals surface area contributed by atoms with Crippen molar-refractivity contribution >= 4 is 0 Å². The molecule has 1 aliphatic heterocycles. The molecule has 1 heterocycles. The monoisotopic (exact) mass is 306 g/mol. The lowest BCUT2D eigenvalue weighted by atomic mass is 9.83. The van der Waals surface area contributed by atoms with Crippen molar-refractivity contribution in [3.8, 4) is 11.8 Å². The summed E-state index contributed by atoms with van der Waals surface area (Å²) in [5.41, 5.74) is 8.60. The number of ether oxygens (including phenoxy) is 2. The summed E-state index contributed by atoms with van der Waals surface area (Å²) in [5.74, 6) is 0.925. The van der Waals surface area contributed by atoms with Gasteiger partial charge in [-0.1, -0.05) is 42.5 Å². The average Bonchev–Trinajstić information content (AvgIpc) is 2.62. The van der Waals surface area contributed by atoms with Crippen molar-refractivity contribution in [1.82, 2.24) is 0 Å². The van der Waals surface area contributed by atoms with E-state index in [1.807, 2.05) is 54.6 Å². The van der Waals surface area contributed by atoms with E-state index in [9.17, 15) is 5.26 Å². The van der Waals surface area contributed by atoms with E-state index in [2.05, 4.69) is 6.07 Å². The van der Waals surface area contributed by atoms with Gasteiger partial charge in [0.05, 0.1) is 12.7 Å². The van der Waals surface area contributed by atoms with Gasteiger partial charge in [0.25, 0.3) is 0 Å². The Balaban J connectivity index is 1.96. The molecule has 0 radical (unpaired) electrons. The van der Waals surface area contributed by atoms with Crippen LogP contribution >= 0.6 is 0 Å². The van der Waals surface area contributed by atoms with Gasteiger partial charge >= 0.3 is 0 Å². The van der Waals surface area contributed by atoms with Gasteiger partial charge in [-0.25, -0.2) is 0 Å². The molecule has 23 heavy (non-hydrogen) atoms. The molecule has 0 unspecified atom stereocenters. The summed E-state index contributed by atoms with van der Waals surface area (Å²) in [4.78, 5) is 0. The Morgan fingerprint density at radius 2 is 1.78 bits per heavy atom. The Morgan fingerprint density at radius 3 is 2.39 bits per heavy atom. The fraction of sp³-hybridized carbons (Fsp3) is 0.211. The first-order valence-corrected chi connectivity index (χ1v) is 7.48. The fourth-order valence-corrected chi connectivity index (χ4v) is 2.91. The first kappa shape index (κ1) is 15.0. The Bertz CT molecular complexity index is 745. The second kappa shape index (κ2) is 6.45. The van der Waals surface area contributed by atoms with Crippen LogP contribution in [-0.2, 0) is 4.74 Å². The lowest BCUT2D eigenvalue weighted by Crippen LogP contribution is -2.23. The zero-order valence-corrected chi connectivity index (χ0v) is 12.9. The van der Waals surface area contributed by atoms with Gasteiger partial charge in [-0.3, -0.25) is 0 Å². The SMILES string of the molecule is COc1ccc([C@@H]2C[C@@H](c3ccccc3)OC(N)=C2C#N)cc1. The molecule has 0 bridgehead atoms. The van der Waals surface area contributed by atoms with E-state index in [1.165, 1.54) is 0 Å². The topological polar surface area (TPSA) is 68.3 Å². The molecule has 2 atom stereocenters. The first-order chi connectivity index (χ1) is 11.2. The van der Waals surface area contributed by atoms with Crippen LogP contribution in [0.25, 0.3) is 0 Å². The Kier molecular flexibility index (Phi) is 4.20. The number of nitriles is 1. The van der Waals surface area contributed by atoms with Crippen LogP contribution in [0.4, 0.5) is 0 Å². The maximum absolute atomic E-state index is 9.46. The van der Waals surface area contributed by atoms with Crippen LogP contribution in [0.5, 0.6) is 5.75 Å². The Labute approximate surface area is 135 Å². The second-order valence-corrected chi connectivity index (χ2v) is 5.47. The highest BCUT2D eigenvalue weighted by Crippen LogP contribution is 2.41. The van der Waals surface area contributed by atoms with Crippen LogP contribution in [-0.4, -0.2) is 7.11 Å². The summed E-state index contributed by atoms with van der Waals surface area (Å²) in [6.45, 7) is 0. The quantitative estimate of drug-likeness (QED) is 0.940. The van der Waals surface area contributed by atoms with Crippen LogP contribution < -0.4 is 10.5 Å². The Hall–Kier alpha value is -2.93. The summed E-state index contributed by atoms with van der Waals surface area (Å²) in [5, 5.41) is 9.46. The minimum Gasteiger partial charge on any atom is -0.497 e. The second-order valence-electron chi connectivity index (χ2n) is 5.47. The molecule has 116 valence electrons. The van der Waals surface area contributed by atoms with E-state index in [-0.39, 0.29) is 17.9 Å². The normalized spacial score (nSPS) is 20.5. The number of rotatable bonds is 3. The smallest absolute Gasteiger partial charge is 0.199 e. The standard InChI is InChI=1S/C19H18N2O2/c1-22-15-9-7-13(8-10-15)16-11-18(14-5-3-2-4-6-14)23-19(21)17(16)12-20/h2-10,16,18H,11,21H2,1H3/t16-,18-/m0/s1. The highest BCUT2D eigenvalue weighted by molar-refractivity contribution is 5.42. The molecule has 4 nitrogen and oxygen atoms in total. The van der Waals surface area contributed by atoms with Gasteiger partial charge < -0.3 is 15.2 Å². The van der Waals surface area contributed by atoms with Crippen molar-refractivity contribution in [2.45, 2.75) is 18.4 Å². The molecule has 4 heteroatoms. The molecular weight excluding hydrogens is 288 g/mol. The summed E-state index contributed by atoms with van der Waals surface area (Å²) in [7, 11) is 1.63. The van der Waals surface area contributed by atoms with Gasteiger partial charge in [-0.05, 0) is 23.3 Å². The summed E-state index contributed by atoms with van der Waals surface area (Å²) in [6, 6.07) is 19.9. The number of benzene rings is 2. The first-order valence-electron chi connectivity index (χ1n) is 7.48. The molecule has 2 N–H and O–H groups in total. The predicted octanol–water partition coefficient (Wildman–Crippen LogP) is 3.63. The van der Waals surface area contributed by atoms with E-state index in [0.29, 0.717) is 12.0 Å². The van der Waals surface area contributed by atoms with Crippen molar-refractivity contribution < 1.29 is 9.47 Å². The van der Waals surface area contributed by atoms with Gasteiger partial charge in [-0.15, -0.1) is 0 Å². The van der Waals surface area contributed by atoms with Crippen molar-refractivity contribution in [2.24, 2.45) is 5.73 Å². The number of nitrogens with two attached hydrogens (primary N) is 1. The maximum Gasteiger partial charge on any atom is 0.199 e. The van der Waals surface area contributed by atoms with E-state index in [1.54, 1.807) is 7.11 Å². The molecule has 0 spiro atoms. The molecule has 0 aromatic heterocycles. The van der Waals surface area contributed by atoms with Crippen molar-refractivity contribution in [2.75, 3.05) is 7.11 Å². The van der Waals surface area contributed by atoms with Crippen LogP contribution in [0.15, 0.2) is 66.1 Å². The van der Waals surface area contributed by atoms with E-state index in [0.717, 1.165) is 16.9 Å². The van der Waals surface area contributed by atoms with Crippen LogP contribution in [0.3, 0.4) is 0 Å². The zero-order valence-electron chi connectivity index (χ0n) is 12.9. The van der Waals surface area contributed by atoms with Gasteiger partial charge in [0.1, 0.15) is 17.9 Å². The van der Waals surface area contributed by atoms with Crippen LogP contribution in [0.2, 0.25) is 0 Å². The fourth-order valence-electron chi connectivity index (χ4n) is 2.91. The summed E-state index contributed by atoms with van der Waals surface area (Å²) >= 11 is 0. The number of hydrogen-bond donors (Lipinski definition) is 1. The minimum atomic E-state index is -0.152. The maximum atomic E-state index is 9.46. The molecule has 0 amide bonds. The third-order valence-corrected chi connectivity index (χ3v) is 4.14. The van der Waals surface area contributed by atoms with E-state index in [4.69, 9.17) is 15.2 Å². The van der Waals surface area contributed by atoms with Gasteiger partial charge in [0.2, 0.25) is 0 Å². The number of nitrogens with zero attached hydrogens (tertiary/aromatic N) is 1. The number of hydrogen-bond acceptors (Lipinski definition) is 4. The molecule has 0 aliphatic carbocycles. The van der Waals surface area contributed by atoms with Gasteiger partial charge in [-0.2, -0.15) is 5.26 Å². The molecule has 2 aromatic carbocycles. The molecule has 2 aromatic rings. The predicted molar refractivity (Wildman–Crippen MR) is 87.4 cm³/mol. The molecule has 1 aliphatic rings. The van der Waals surface area contributed by atoms with E-state index >= 15 is 0 Å². The average molecular weight is 306 g/mol. The zero-order chi connectivity index (χ0) is 16.2. The van der Waals surface area contributed by atoms with Crippen LogP contribution in [0, 0.1) is 11.3 Å². The lowest BCUT2D eigenvalue weighted by molar-refractivity contribution is 0.0838. The summed E-state index contributed by atoms with van der Waals surface area (Å²) in [6.07, 6.45) is 0.528. The third kappa shape index (κ3) is 3.00. The molecule has 3 rings (SSSR count). The summed E-state index contributed by atoms with van der Waals surface area (Å²) < 4.78 is 11.0. The molecular formula is C19H18N2O2. The minimum absolute atomic E-state index is 0.0788. The lowest BCUT2D eigenvalue weighted by Gasteiger charge is -2.31. The van der Waals surface area contributed by atoms with Crippen molar-refractivity contribution in [3.05, 3.63) is 77.2 Å². The van der Waals surface area contributed by atoms with Crippen molar-refractivity contribution in [1.29, 1.82) is 5.26 Å². The molecule has 0 saturated heterocycles. The highest BCUT2D eigenvalue weighted by Gasteiger charge is 2.31. The molecule has 0 fully saturated rings. The van der Waals surface area contributed by atoms with Crippen LogP contribution in [0.1, 0.15) is 29.6 Å². The van der Waals surface area contributed by atoms with Crippen molar-refractivity contribution in [3.63, 3.8) is 0 Å². The molecule has 0 saturated carbocycles.